The summed E-state index contributed by atoms with van der Waals surface area (Å²) in [6, 6.07) is 0. The lowest BCUT2D eigenvalue weighted by atomic mass is 9.99. The third-order valence-corrected chi connectivity index (χ3v) is 5.55. The van der Waals surface area contributed by atoms with Gasteiger partial charge >= 0.3 is 0 Å². The van der Waals surface area contributed by atoms with E-state index in [0.29, 0.717) is 0 Å². The van der Waals surface area contributed by atoms with Gasteiger partial charge in [-0.25, -0.2) is 9.97 Å². The predicted molar refractivity (Wildman–Crippen MR) is 102 cm³/mol. The van der Waals surface area contributed by atoms with Gasteiger partial charge in [0, 0.05) is 44.4 Å². The van der Waals surface area contributed by atoms with Crippen molar-refractivity contribution in [1.29, 1.82) is 0 Å². The predicted octanol–water partition coefficient (Wildman–Crippen LogP) is 1.25. The smallest absolute Gasteiger partial charge is 0.132 e. The summed E-state index contributed by atoms with van der Waals surface area (Å²) in [5, 5.41) is 13.9. The lowest BCUT2D eigenvalue weighted by Crippen LogP contribution is -2.39. The highest BCUT2D eigenvalue weighted by Crippen LogP contribution is 2.21. The van der Waals surface area contributed by atoms with E-state index >= 15 is 0 Å². The molecule has 3 N–H and O–H groups in total. The normalized spacial score (nSPS) is 21.2. The minimum Gasteiger partial charge on any atom is -0.369 e. The number of fused-ring (bicyclic) bond motifs is 1. The Morgan fingerprint density at radius 3 is 3.04 bits per heavy atom. The molecule has 0 amide bonds. The second-order valence-electron chi connectivity index (χ2n) is 7.44. The second-order valence-corrected chi connectivity index (χ2v) is 7.44. The van der Waals surface area contributed by atoms with Crippen molar-refractivity contribution in [2.24, 2.45) is 5.92 Å². The van der Waals surface area contributed by atoms with Crippen molar-refractivity contribution >= 4 is 5.82 Å². The van der Waals surface area contributed by atoms with Gasteiger partial charge in [0.1, 0.15) is 12.1 Å². The van der Waals surface area contributed by atoms with E-state index in [1.54, 1.807) is 6.33 Å². The highest BCUT2D eigenvalue weighted by Gasteiger charge is 2.21. The van der Waals surface area contributed by atoms with Crippen LogP contribution in [0.2, 0.25) is 0 Å². The molecule has 1 saturated heterocycles. The summed E-state index contributed by atoms with van der Waals surface area (Å²) >= 11 is 0. The number of aromatic amines is 1. The molecule has 0 bridgehead atoms. The van der Waals surface area contributed by atoms with Crippen LogP contribution in [0.3, 0.4) is 0 Å². The van der Waals surface area contributed by atoms with Crippen LogP contribution in [0.25, 0.3) is 0 Å². The fraction of sp³-hybridized carbons (Fsp3) is 0.632. The number of nitrogens with one attached hydrogen (secondary N) is 3. The van der Waals surface area contributed by atoms with E-state index in [9.17, 15) is 0 Å². The number of H-pyrrole nitrogens is 1. The first-order chi connectivity index (χ1) is 12.9. The Labute approximate surface area is 155 Å². The van der Waals surface area contributed by atoms with Crippen LogP contribution >= 0.6 is 0 Å². The number of hydrogen-bond acceptors (Lipinski definition) is 6. The molecule has 2 aliphatic heterocycles. The number of nitrogens with zero attached hydrogens (tertiary/aromatic N) is 4. The molecule has 1 fully saturated rings. The van der Waals surface area contributed by atoms with Gasteiger partial charge in [0.05, 0.1) is 11.9 Å². The van der Waals surface area contributed by atoms with Crippen molar-refractivity contribution in [2.45, 2.75) is 32.1 Å². The Bertz CT molecular complexity index is 679. The van der Waals surface area contributed by atoms with Crippen LogP contribution in [-0.4, -0.2) is 64.3 Å². The monoisotopic (exact) mass is 355 g/mol. The standard InChI is InChI=1S/C19H29N7/c1-2-16(10-20-6-1)13-26-8-4-17-18(5-9-26)22-14-23-19(17)21-7-3-15-11-24-25-12-15/h11-12,14,16,20H,1-10,13H2,(H,24,25)(H,21,22,23). The first-order valence-electron chi connectivity index (χ1n) is 9.86. The van der Waals surface area contributed by atoms with Gasteiger partial charge in [-0.3, -0.25) is 5.10 Å². The maximum Gasteiger partial charge on any atom is 0.132 e. The van der Waals surface area contributed by atoms with E-state index in [0.717, 1.165) is 50.6 Å². The molecular formula is C19H29N7. The second kappa shape index (κ2) is 8.60. The van der Waals surface area contributed by atoms with Gasteiger partial charge in [0.25, 0.3) is 0 Å². The number of piperidine rings is 1. The van der Waals surface area contributed by atoms with Crippen LogP contribution in [-0.2, 0) is 19.3 Å². The molecule has 2 aromatic heterocycles. The van der Waals surface area contributed by atoms with E-state index in [-0.39, 0.29) is 0 Å². The minimum atomic E-state index is 0.795. The quantitative estimate of drug-likeness (QED) is 0.724. The average Bonchev–Trinajstić information content (AvgIpc) is 3.10. The van der Waals surface area contributed by atoms with Gasteiger partial charge in [-0.1, -0.05) is 0 Å². The lowest BCUT2D eigenvalue weighted by Gasteiger charge is -2.29. The molecule has 0 radical (unpaired) electrons. The summed E-state index contributed by atoms with van der Waals surface area (Å²) in [5.41, 5.74) is 3.74. The lowest BCUT2D eigenvalue weighted by molar-refractivity contribution is 0.215. The molecule has 2 aliphatic rings. The Kier molecular flexibility index (Phi) is 5.76. The van der Waals surface area contributed by atoms with Crippen molar-refractivity contribution in [3.63, 3.8) is 0 Å². The summed E-state index contributed by atoms with van der Waals surface area (Å²) < 4.78 is 0. The van der Waals surface area contributed by atoms with E-state index in [1.807, 2.05) is 12.4 Å². The minimum absolute atomic E-state index is 0.795. The van der Waals surface area contributed by atoms with Crippen LogP contribution in [0.15, 0.2) is 18.7 Å². The Balaban J connectivity index is 1.34. The summed E-state index contributed by atoms with van der Waals surface area (Å²) in [4.78, 5) is 11.7. The molecule has 0 saturated carbocycles. The van der Waals surface area contributed by atoms with Crippen LogP contribution in [0, 0.1) is 5.92 Å². The first-order valence-corrected chi connectivity index (χ1v) is 9.86. The van der Waals surface area contributed by atoms with Crippen LogP contribution in [0.4, 0.5) is 5.82 Å². The SMILES string of the molecule is c1nc2c(c(NCCc3cn[nH]c3)n1)CCN(CC1CCCNC1)CC2. The molecule has 0 aromatic carbocycles. The van der Waals surface area contributed by atoms with E-state index in [2.05, 4.69) is 35.7 Å². The number of aromatic nitrogens is 4. The van der Waals surface area contributed by atoms with Crippen LogP contribution in [0.5, 0.6) is 0 Å². The Morgan fingerprint density at radius 2 is 2.19 bits per heavy atom. The van der Waals surface area contributed by atoms with Crippen molar-refractivity contribution in [2.75, 3.05) is 44.6 Å². The molecule has 2 aromatic rings. The van der Waals surface area contributed by atoms with Gasteiger partial charge in [-0.15, -0.1) is 0 Å². The van der Waals surface area contributed by atoms with Gasteiger partial charge in [0.2, 0.25) is 0 Å². The van der Waals surface area contributed by atoms with Gasteiger partial charge < -0.3 is 15.5 Å². The molecule has 7 nitrogen and oxygen atoms in total. The fourth-order valence-electron chi connectivity index (χ4n) is 4.09. The highest BCUT2D eigenvalue weighted by molar-refractivity contribution is 5.46. The molecule has 140 valence electrons. The van der Waals surface area contributed by atoms with Crippen LogP contribution < -0.4 is 10.6 Å². The Morgan fingerprint density at radius 1 is 1.23 bits per heavy atom. The number of rotatable bonds is 6. The van der Waals surface area contributed by atoms with Crippen molar-refractivity contribution in [1.82, 2.24) is 30.4 Å². The zero-order valence-electron chi connectivity index (χ0n) is 15.4. The molecule has 7 heteroatoms. The summed E-state index contributed by atoms with van der Waals surface area (Å²) in [6.45, 7) is 6.63. The molecule has 4 rings (SSSR count). The van der Waals surface area contributed by atoms with E-state index < -0.39 is 0 Å². The van der Waals surface area contributed by atoms with E-state index in [4.69, 9.17) is 0 Å². The summed E-state index contributed by atoms with van der Waals surface area (Å²) in [5.74, 6) is 1.81. The Hall–Kier alpha value is -1.99. The topological polar surface area (TPSA) is 81.8 Å². The molecule has 0 aliphatic carbocycles. The summed E-state index contributed by atoms with van der Waals surface area (Å²) in [7, 11) is 0. The largest absolute Gasteiger partial charge is 0.369 e. The first kappa shape index (κ1) is 17.4. The van der Waals surface area contributed by atoms with Gasteiger partial charge in [-0.05, 0) is 50.3 Å². The summed E-state index contributed by atoms with van der Waals surface area (Å²) in [6.07, 6.45) is 11.2. The molecule has 0 spiro atoms. The fourth-order valence-corrected chi connectivity index (χ4v) is 4.09. The zero-order valence-corrected chi connectivity index (χ0v) is 15.4. The molecule has 1 atom stereocenters. The van der Waals surface area contributed by atoms with Crippen molar-refractivity contribution in [3.8, 4) is 0 Å². The maximum absolute atomic E-state index is 4.57. The third-order valence-electron chi connectivity index (χ3n) is 5.55. The van der Waals surface area contributed by atoms with Crippen molar-refractivity contribution < 1.29 is 0 Å². The molecule has 4 heterocycles. The van der Waals surface area contributed by atoms with Crippen LogP contribution in [0.1, 0.15) is 29.7 Å². The number of hydrogen-bond donors (Lipinski definition) is 3. The average molecular weight is 355 g/mol. The van der Waals surface area contributed by atoms with E-state index in [1.165, 1.54) is 49.3 Å². The molecular weight excluding hydrogens is 326 g/mol. The van der Waals surface area contributed by atoms with Gasteiger partial charge in [0.15, 0.2) is 0 Å². The maximum atomic E-state index is 4.57. The zero-order chi connectivity index (χ0) is 17.6. The highest BCUT2D eigenvalue weighted by atomic mass is 15.1. The molecule has 1 unspecified atom stereocenters. The number of anilines is 1. The third kappa shape index (κ3) is 4.40. The van der Waals surface area contributed by atoms with Gasteiger partial charge in [-0.2, -0.15) is 5.10 Å². The molecule has 26 heavy (non-hydrogen) atoms. The van der Waals surface area contributed by atoms with Crippen molar-refractivity contribution in [3.05, 3.63) is 35.5 Å².